The SMILES string of the molecule is CCCCCCCCCCCCCC(=O)N[C@@H](CCCCN)C(=O)[O-].[Na+]. The molecule has 1 amide bonds. The predicted molar refractivity (Wildman–Crippen MR) is 101 cm³/mol. The third kappa shape index (κ3) is 18.7. The van der Waals surface area contributed by atoms with E-state index >= 15 is 0 Å². The largest absolute Gasteiger partial charge is 1.00 e. The van der Waals surface area contributed by atoms with Crippen molar-refractivity contribution in [2.45, 2.75) is 109 Å². The van der Waals surface area contributed by atoms with Crippen molar-refractivity contribution < 1.29 is 44.3 Å². The molecule has 0 rings (SSSR count). The van der Waals surface area contributed by atoms with Crippen LogP contribution in [0.3, 0.4) is 0 Å². The van der Waals surface area contributed by atoms with Gasteiger partial charge in [-0.15, -0.1) is 0 Å². The summed E-state index contributed by atoms with van der Waals surface area (Å²) in [6.07, 6.45) is 15.8. The fraction of sp³-hybridized carbons (Fsp3) is 0.900. The summed E-state index contributed by atoms with van der Waals surface area (Å²) in [5.41, 5.74) is 5.39. The van der Waals surface area contributed by atoms with E-state index in [0.717, 1.165) is 25.7 Å². The monoisotopic (exact) mass is 378 g/mol. The molecule has 3 N–H and O–H groups in total. The number of hydrogen-bond donors (Lipinski definition) is 2. The van der Waals surface area contributed by atoms with E-state index in [4.69, 9.17) is 5.73 Å². The number of nitrogens with one attached hydrogen (secondary N) is 1. The third-order valence-electron chi connectivity index (χ3n) is 4.57. The molecule has 1 atom stereocenters. The first kappa shape index (κ1) is 28.1. The second kappa shape index (κ2) is 21.2. The molecule has 0 aliphatic heterocycles. The van der Waals surface area contributed by atoms with Crippen LogP contribution in [-0.2, 0) is 9.59 Å². The van der Waals surface area contributed by atoms with E-state index in [0.29, 0.717) is 25.8 Å². The summed E-state index contributed by atoms with van der Waals surface area (Å²) in [6, 6.07) is -0.883. The van der Waals surface area contributed by atoms with Crippen LogP contribution in [-0.4, -0.2) is 24.5 Å². The van der Waals surface area contributed by atoms with Crippen molar-refractivity contribution in [1.82, 2.24) is 5.32 Å². The van der Waals surface area contributed by atoms with Crippen LogP contribution in [0.5, 0.6) is 0 Å². The van der Waals surface area contributed by atoms with Gasteiger partial charge in [0, 0.05) is 6.42 Å². The Kier molecular flexibility index (Phi) is 22.9. The molecule has 5 nitrogen and oxygen atoms in total. The first-order chi connectivity index (χ1) is 12.1. The molecule has 0 spiro atoms. The normalized spacial score (nSPS) is 11.6. The zero-order valence-electron chi connectivity index (χ0n) is 17.2. The predicted octanol–water partition coefficient (Wildman–Crippen LogP) is 0.0552. The topological polar surface area (TPSA) is 95.2 Å². The molecule has 0 aromatic rings. The molecule has 0 radical (unpaired) electrons. The summed E-state index contributed by atoms with van der Waals surface area (Å²) in [5.74, 6) is -1.39. The smallest absolute Gasteiger partial charge is 0.548 e. The van der Waals surface area contributed by atoms with Gasteiger partial charge in [-0.05, 0) is 32.2 Å². The van der Waals surface area contributed by atoms with Crippen LogP contribution in [0, 0.1) is 0 Å². The van der Waals surface area contributed by atoms with Crippen molar-refractivity contribution in [2.24, 2.45) is 5.73 Å². The average Bonchev–Trinajstić information content (AvgIpc) is 2.58. The van der Waals surface area contributed by atoms with Crippen molar-refractivity contribution >= 4 is 11.9 Å². The molecule has 0 saturated heterocycles. The van der Waals surface area contributed by atoms with Gasteiger partial charge < -0.3 is 21.0 Å². The number of carboxylic acids is 1. The molecule has 0 fully saturated rings. The fourth-order valence-corrected chi connectivity index (χ4v) is 2.96. The van der Waals surface area contributed by atoms with Crippen molar-refractivity contribution in [3.63, 3.8) is 0 Å². The first-order valence-electron chi connectivity index (χ1n) is 10.3. The van der Waals surface area contributed by atoms with E-state index < -0.39 is 12.0 Å². The summed E-state index contributed by atoms with van der Waals surface area (Å²) < 4.78 is 0. The maximum Gasteiger partial charge on any atom is 1.00 e. The summed E-state index contributed by atoms with van der Waals surface area (Å²) in [5, 5.41) is 13.6. The minimum absolute atomic E-state index is 0. The van der Waals surface area contributed by atoms with Gasteiger partial charge in [0.15, 0.2) is 0 Å². The van der Waals surface area contributed by atoms with Gasteiger partial charge in [0.05, 0.1) is 12.0 Å². The van der Waals surface area contributed by atoms with Gasteiger partial charge in [0.1, 0.15) is 0 Å². The van der Waals surface area contributed by atoms with Crippen LogP contribution in [0.15, 0.2) is 0 Å². The minimum atomic E-state index is -1.20. The van der Waals surface area contributed by atoms with Gasteiger partial charge in [0.2, 0.25) is 5.91 Å². The molecule has 6 heteroatoms. The second-order valence-electron chi connectivity index (χ2n) is 7.01. The van der Waals surface area contributed by atoms with Crippen molar-refractivity contribution in [2.75, 3.05) is 6.54 Å². The van der Waals surface area contributed by atoms with Crippen LogP contribution in [0.4, 0.5) is 0 Å². The Balaban J connectivity index is 0. The van der Waals surface area contributed by atoms with Crippen LogP contribution in [0.25, 0.3) is 0 Å². The summed E-state index contributed by atoms with van der Waals surface area (Å²) in [7, 11) is 0. The fourth-order valence-electron chi connectivity index (χ4n) is 2.96. The number of carboxylic acid groups (broad SMARTS) is 1. The molecule has 0 saturated carbocycles. The standard InChI is InChI=1S/C20H40N2O3.Na/c1-2-3-4-5-6-7-8-9-10-11-12-16-19(23)22-18(20(24)25)15-13-14-17-21;/h18H,2-17,21H2,1H3,(H,22,23)(H,24,25);/q;+1/p-1/t18-;/m0./s1. The van der Waals surface area contributed by atoms with Gasteiger partial charge in [0.25, 0.3) is 0 Å². The molecular weight excluding hydrogens is 339 g/mol. The number of hydrogen-bond acceptors (Lipinski definition) is 4. The molecule has 0 bridgehead atoms. The van der Waals surface area contributed by atoms with Crippen molar-refractivity contribution in [3.8, 4) is 0 Å². The summed E-state index contributed by atoms with van der Waals surface area (Å²) in [4.78, 5) is 22.9. The van der Waals surface area contributed by atoms with Gasteiger partial charge in [-0.2, -0.15) is 0 Å². The Bertz CT molecular complexity index is 341. The molecule has 0 aromatic carbocycles. The van der Waals surface area contributed by atoms with Gasteiger partial charge >= 0.3 is 29.6 Å². The van der Waals surface area contributed by atoms with Crippen LogP contribution in [0.1, 0.15) is 103 Å². The molecule has 0 unspecified atom stereocenters. The maximum atomic E-state index is 11.8. The molecule has 0 aromatic heterocycles. The van der Waals surface area contributed by atoms with E-state index in [1.54, 1.807) is 0 Å². The Morgan fingerprint density at radius 2 is 1.35 bits per heavy atom. The summed E-state index contributed by atoms with van der Waals surface area (Å²) >= 11 is 0. The van der Waals surface area contributed by atoms with E-state index in [9.17, 15) is 14.7 Å². The van der Waals surface area contributed by atoms with Crippen LogP contribution >= 0.6 is 0 Å². The minimum Gasteiger partial charge on any atom is -0.548 e. The van der Waals surface area contributed by atoms with E-state index in [2.05, 4.69) is 12.2 Å². The average molecular weight is 379 g/mol. The first-order valence-corrected chi connectivity index (χ1v) is 10.3. The molecular formula is C20H39N2NaO3. The van der Waals surface area contributed by atoms with E-state index in [-0.39, 0.29) is 35.5 Å². The number of unbranched alkanes of at least 4 members (excludes halogenated alkanes) is 11. The Hall–Kier alpha value is -0.100. The van der Waals surface area contributed by atoms with Gasteiger partial charge in [-0.3, -0.25) is 4.79 Å². The quantitative estimate of drug-likeness (QED) is 0.260. The maximum absolute atomic E-state index is 11.8. The zero-order valence-corrected chi connectivity index (χ0v) is 19.2. The number of carbonyl (C=O) groups is 2. The molecule has 0 aliphatic carbocycles. The number of aliphatic carboxylic acids is 1. The number of nitrogens with two attached hydrogens (primary N) is 1. The Morgan fingerprint density at radius 3 is 1.81 bits per heavy atom. The van der Waals surface area contributed by atoms with Crippen molar-refractivity contribution in [1.29, 1.82) is 0 Å². The Morgan fingerprint density at radius 1 is 0.846 bits per heavy atom. The number of carbonyl (C=O) groups excluding carboxylic acids is 2. The van der Waals surface area contributed by atoms with Crippen LogP contribution < -0.4 is 45.7 Å². The molecule has 0 aliphatic rings. The van der Waals surface area contributed by atoms with Crippen molar-refractivity contribution in [3.05, 3.63) is 0 Å². The van der Waals surface area contributed by atoms with Gasteiger partial charge in [-0.25, -0.2) is 0 Å². The van der Waals surface area contributed by atoms with E-state index in [1.807, 2.05) is 0 Å². The number of amides is 1. The van der Waals surface area contributed by atoms with Crippen LogP contribution in [0.2, 0.25) is 0 Å². The summed E-state index contributed by atoms with van der Waals surface area (Å²) in [6.45, 7) is 2.77. The molecule has 148 valence electrons. The third-order valence-corrected chi connectivity index (χ3v) is 4.57. The Labute approximate surface area is 182 Å². The number of rotatable bonds is 18. The molecule has 26 heavy (non-hydrogen) atoms. The zero-order chi connectivity index (χ0) is 18.8. The van der Waals surface area contributed by atoms with E-state index in [1.165, 1.54) is 51.4 Å². The molecule has 0 heterocycles. The second-order valence-corrected chi connectivity index (χ2v) is 7.01. The van der Waals surface area contributed by atoms with Gasteiger partial charge in [-0.1, -0.05) is 71.1 Å².